The van der Waals surface area contributed by atoms with Crippen molar-refractivity contribution >= 4 is 23.4 Å². The second kappa shape index (κ2) is 5.78. The number of halogens is 3. The molecule has 2 rings (SSSR count). The average molecular weight is 316 g/mol. The Balaban J connectivity index is 2.37. The van der Waals surface area contributed by atoms with Crippen LogP contribution < -0.4 is 11.5 Å². The Morgan fingerprint density at radius 2 is 1.71 bits per heavy atom. The molecule has 1 aromatic heterocycles. The Kier molecular flexibility index (Phi) is 4.24. The molecule has 0 aliphatic rings. The number of alkyl halides is 3. The molecule has 0 saturated carbocycles. The first-order chi connectivity index (χ1) is 9.79. The summed E-state index contributed by atoms with van der Waals surface area (Å²) in [4.78, 5) is 8.03. The van der Waals surface area contributed by atoms with Crippen molar-refractivity contribution in [3.8, 4) is 0 Å². The van der Waals surface area contributed by atoms with E-state index in [0.717, 1.165) is 17.8 Å². The third kappa shape index (κ3) is 3.76. The van der Waals surface area contributed by atoms with Crippen LogP contribution in [-0.4, -0.2) is 15.1 Å². The minimum atomic E-state index is -4.55. The van der Waals surface area contributed by atoms with E-state index in [1.54, 1.807) is 0 Å². The summed E-state index contributed by atoms with van der Waals surface area (Å²) in [5, 5.41) is 9.12. The van der Waals surface area contributed by atoms with Gasteiger partial charge in [0.05, 0.1) is 12.2 Å². The minimum Gasteiger partial charge on any atom is -0.392 e. The molecule has 0 spiro atoms. The van der Waals surface area contributed by atoms with E-state index in [0.29, 0.717) is 0 Å². The fourth-order valence-electron chi connectivity index (χ4n) is 1.63. The lowest BCUT2D eigenvalue weighted by Crippen LogP contribution is -2.09. The van der Waals surface area contributed by atoms with Gasteiger partial charge in [0.1, 0.15) is 11.6 Å². The molecule has 0 saturated heterocycles. The first kappa shape index (κ1) is 15.4. The van der Waals surface area contributed by atoms with E-state index in [9.17, 15) is 13.2 Å². The van der Waals surface area contributed by atoms with Crippen molar-refractivity contribution in [3.63, 3.8) is 0 Å². The predicted molar refractivity (Wildman–Crippen MR) is 72.3 cm³/mol. The van der Waals surface area contributed by atoms with Crippen LogP contribution in [0.3, 0.4) is 0 Å². The summed E-state index contributed by atoms with van der Waals surface area (Å²) >= 11 is 0.902. The minimum absolute atomic E-state index is 0.132. The molecule has 9 heteroatoms. The summed E-state index contributed by atoms with van der Waals surface area (Å²) in [6.07, 6.45) is -4.55. The molecule has 5 nitrogen and oxygen atoms in total. The quantitative estimate of drug-likeness (QED) is 0.752. The Morgan fingerprint density at radius 3 is 2.24 bits per heavy atom. The maximum Gasteiger partial charge on any atom is 0.416 e. The molecule has 1 aromatic carbocycles. The topological polar surface area (TPSA) is 98.1 Å². The van der Waals surface area contributed by atoms with Gasteiger partial charge in [-0.3, -0.25) is 0 Å². The van der Waals surface area contributed by atoms with Gasteiger partial charge >= 0.3 is 6.18 Å². The van der Waals surface area contributed by atoms with Gasteiger partial charge < -0.3 is 16.6 Å². The largest absolute Gasteiger partial charge is 0.416 e. The molecule has 112 valence electrons. The second-order valence-corrected chi connectivity index (χ2v) is 5.12. The van der Waals surface area contributed by atoms with Crippen molar-refractivity contribution < 1.29 is 18.3 Å². The third-order valence-corrected chi connectivity index (χ3v) is 3.37. The zero-order valence-corrected chi connectivity index (χ0v) is 11.4. The fraction of sp³-hybridized carbons (Fsp3) is 0.167. The zero-order chi connectivity index (χ0) is 15.6. The van der Waals surface area contributed by atoms with Crippen LogP contribution in [0.2, 0.25) is 0 Å². The summed E-state index contributed by atoms with van der Waals surface area (Å²) in [5.74, 6) is 0.265. The summed E-state index contributed by atoms with van der Waals surface area (Å²) < 4.78 is 38.7. The maximum absolute atomic E-state index is 12.9. The van der Waals surface area contributed by atoms with Crippen LogP contribution in [0.15, 0.2) is 34.3 Å². The van der Waals surface area contributed by atoms with E-state index >= 15 is 0 Å². The van der Waals surface area contributed by atoms with Gasteiger partial charge in [-0.25, -0.2) is 9.97 Å². The van der Waals surface area contributed by atoms with Crippen LogP contribution in [0.5, 0.6) is 0 Å². The van der Waals surface area contributed by atoms with Crippen molar-refractivity contribution in [2.24, 2.45) is 0 Å². The normalized spacial score (nSPS) is 11.6. The van der Waals surface area contributed by atoms with Crippen molar-refractivity contribution in [2.45, 2.75) is 22.8 Å². The molecule has 0 fully saturated rings. The van der Waals surface area contributed by atoms with Gasteiger partial charge in [-0.2, -0.15) is 13.2 Å². The second-order valence-electron chi connectivity index (χ2n) is 4.08. The number of nitrogen functional groups attached to an aromatic ring is 2. The van der Waals surface area contributed by atoms with Crippen molar-refractivity contribution in [1.82, 2.24) is 9.97 Å². The highest BCUT2D eigenvalue weighted by molar-refractivity contribution is 7.99. The Hall–Kier alpha value is -2.00. The van der Waals surface area contributed by atoms with Gasteiger partial charge in [0.25, 0.3) is 0 Å². The molecule has 21 heavy (non-hydrogen) atoms. The number of nitrogens with zero attached hydrogens (tertiary/aromatic N) is 2. The maximum atomic E-state index is 12.9. The lowest BCUT2D eigenvalue weighted by Gasteiger charge is -2.12. The van der Waals surface area contributed by atoms with E-state index in [2.05, 4.69) is 9.97 Å². The molecule has 0 unspecified atom stereocenters. The number of nitrogens with two attached hydrogens (primary N) is 2. The molecule has 0 aliphatic heterocycles. The number of rotatable bonds is 3. The molecular weight excluding hydrogens is 305 g/mol. The van der Waals surface area contributed by atoms with E-state index in [1.165, 1.54) is 18.2 Å². The molecule has 5 N–H and O–H groups in total. The van der Waals surface area contributed by atoms with Crippen LogP contribution in [-0.2, 0) is 12.8 Å². The number of anilines is 2. The summed E-state index contributed by atoms with van der Waals surface area (Å²) in [5.41, 5.74) is 9.91. The van der Waals surface area contributed by atoms with Gasteiger partial charge in [-0.05, 0) is 29.5 Å². The van der Waals surface area contributed by atoms with E-state index in [-0.39, 0.29) is 27.3 Å². The lowest BCUT2D eigenvalue weighted by atomic mass is 10.1. The number of hydrogen-bond acceptors (Lipinski definition) is 6. The molecule has 0 bridgehead atoms. The third-order valence-electron chi connectivity index (χ3n) is 2.51. The van der Waals surface area contributed by atoms with Gasteiger partial charge in [-0.1, -0.05) is 6.07 Å². The first-order valence-electron chi connectivity index (χ1n) is 5.68. The number of aliphatic hydroxyl groups is 1. The predicted octanol–water partition coefficient (Wildman–Crippen LogP) is 2.30. The Bertz CT molecular complexity index is 643. The van der Waals surface area contributed by atoms with E-state index in [1.807, 2.05) is 0 Å². The van der Waals surface area contributed by atoms with E-state index in [4.69, 9.17) is 16.6 Å². The van der Waals surface area contributed by atoms with Crippen molar-refractivity contribution in [3.05, 3.63) is 35.4 Å². The SMILES string of the molecule is Nc1cc(N)nc(Sc2ccc(CO)c(C(F)(F)F)c2)n1. The Labute approximate surface area is 122 Å². The molecular formula is C12H11F3N4OS. The zero-order valence-electron chi connectivity index (χ0n) is 10.6. The van der Waals surface area contributed by atoms with Crippen molar-refractivity contribution in [1.29, 1.82) is 0 Å². The number of aliphatic hydroxyl groups excluding tert-OH is 1. The number of hydrogen-bond donors (Lipinski definition) is 3. The van der Waals surface area contributed by atoms with Crippen LogP contribution in [0, 0.1) is 0 Å². The fourth-order valence-corrected chi connectivity index (χ4v) is 2.46. The van der Waals surface area contributed by atoms with Gasteiger partial charge in [-0.15, -0.1) is 0 Å². The molecule has 1 heterocycles. The van der Waals surface area contributed by atoms with Gasteiger partial charge in [0.15, 0.2) is 5.16 Å². The Morgan fingerprint density at radius 1 is 1.10 bits per heavy atom. The average Bonchev–Trinajstić information content (AvgIpc) is 2.36. The summed E-state index contributed by atoms with van der Waals surface area (Å²) in [6, 6.07) is 4.92. The molecule has 2 aromatic rings. The van der Waals surface area contributed by atoms with Gasteiger partial charge in [0.2, 0.25) is 0 Å². The van der Waals surface area contributed by atoms with Crippen LogP contribution >= 0.6 is 11.8 Å². The van der Waals surface area contributed by atoms with Crippen molar-refractivity contribution in [2.75, 3.05) is 11.5 Å². The molecule has 0 amide bonds. The monoisotopic (exact) mass is 316 g/mol. The molecule has 0 atom stereocenters. The smallest absolute Gasteiger partial charge is 0.392 e. The highest BCUT2D eigenvalue weighted by atomic mass is 32.2. The standard InChI is InChI=1S/C12H11F3N4OS/c13-12(14,15)8-3-7(2-1-6(8)5-20)21-11-18-9(16)4-10(17)19-11/h1-4,20H,5H2,(H4,16,17,18,19). The molecule has 0 radical (unpaired) electrons. The highest BCUT2D eigenvalue weighted by Crippen LogP contribution is 2.36. The van der Waals surface area contributed by atoms with Crippen LogP contribution in [0.25, 0.3) is 0 Å². The molecule has 0 aliphatic carbocycles. The van der Waals surface area contributed by atoms with E-state index < -0.39 is 18.3 Å². The van der Waals surface area contributed by atoms with Gasteiger partial charge in [0, 0.05) is 11.0 Å². The summed E-state index contributed by atoms with van der Waals surface area (Å²) in [7, 11) is 0. The lowest BCUT2D eigenvalue weighted by molar-refractivity contribution is -0.138. The first-order valence-corrected chi connectivity index (χ1v) is 6.50. The number of benzene rings is 1. The summed E-state index contributed by atoms with van der Waals surface area (Å²) in [6.45, 7) is -0.693. The number of aromatic nitrogens is 2. The van der Waals surface area contributed by atoms with Crippen LogP contribution in [0.1, 0.15) is 11.1 Å². The highest BCUT2D eigenvalue weighted by Gasteiger charge is 2.33. The van der Waals surface area contributed by atoms with Crippen LogP contribution in [0.4, 0.5) is 24.8 Å².